The molecule has 0 fully saturated rings. The molecule has 0 spiro atoms. The van der Waals surface area contributed by atoms with Crippen LogP contribution in [0.15, 0.2) is 271 Å². The zero-order chi connectivity index (χ0) is 46.8. The van der Waals surface area contributed by atoms with E-state index >= 15 is 0 Å². The summed E-state index contributed by atoms with van der Waals surface area (Å²) in [6.07, 6.45) is 0. The summed E-state index contributed by atoms with van der Waals surface area (Å²) in [5, 5.41) is 9.73. The molecule has 0 amide bonds. The van der Waals surface area contributed by atoms with Gasteiger partial charge in [0.15, 0.2) is 0 Å². The molecule has 0 aliphatic carbocycles. The molecule has 14 aromatic rings. The van der Waals surface area contributed by atoms with E-state index < -0.39 is 0 Å². The largest absolute Gasteiger partial charge is 0.455 e. The molecule has 71 heavy (non-hydrogen) atoms. The number of para-hydroxylation sites is 4. The first-order valence-corrected chi connectivity index (χ1v) is 24.3. The first kappa shape index (κ1) is 40.6. The van der Waals surface area contributed by atoms with Gasteiger partial charge >= 0.3 is 0 Å². The highest BCUT2D eigenvalue weighted by molar-refractivity contribution is 6.12. The number of aromatic nitrogens is 1. The number of furan rings is 1. The van der Waals surface area contributed by atoms with Crippen molar-refractivity contribution in [2.24, 2.45) is 0 Å². The van der Waals surface area contributed by atoms with E-state index in [1.165, 1.54) is 60.0 Å². The van der Waals surface area contributed by atoms with Gasteiger partial charge in [-0.3, -0.25) is 0 Å². The fraction of sp³-hybridized carbons (Fsp3) is 0. The van der Waals surface area contributed by atoms with Crippen molar-refractivity contribution in [1.29, 1.82) is 0 Å². The lowest BCUT2D eigenvalue weighted by Crippen LogP contribution is -2.10. The monoisotopic (exact) mass is 904 g/mol. The summed E-state index contributed by atoms with van der Waals surface area (Å²) in [6.45, 7) is 0. The molecule has 3 nitrogen and oxygen atoms in total. The van der Waals surface area contributed by atoms with Crippen molar-refractivity contribution >= 4 is 82.4 Å². The summed E-state index contributed by atoms with van der Waals surface area (Å²) < 4.78 is 9.03. The van der Waals surface area contributed by atoms with Gasteiger partial charge in [-0.2, -0.15) is 0 Å². The Balaban J connectivity index is 0.926. The molecule has 0 bridgehead atoms. The molecule has 0 atom stereocenters. The summed E-state index contributed by atoms with van der Waals surface area (Å²) in [6, 6.07) is 96.8. The van der Waals surface area contributed by atoms with E-state index in [0.717, 1.165) is 72.5 Å². The molecule has 3 heteroatoms. The van der Waals surface area contributed by atoms with Crippen molar-refractivity contribution < 1.29 is 4.42 Å². The van der Waals surface area contributed by atoms with Crippen LogP contribution in [0, 0.1) is 0 Å². The highest BCUT2D eigenvalue weighted by atomic mass is 16.3. The smallest absolute Gasteiger partial charge is 0.143 e. The number of benzene rings is 12. The third-order valence-corrected chi connectivity index (χ3v) is 14.4. The van der Waals surface area contributed by atoms with Crippen LogP contribution in [0.25, 0.3) is 115 Å². The molecule has 0 N–H and O–H groups in total. The Bertz CT molecular complexity index is 4300. The number of anilines is 3. The SMILES string of the molecule is c1ccc(-c2ccc(-c3ccc(N(c4cccc(-c5ccc6c(ccc7ccccc76)c5)c4)c4cccc(-c5cccc6c5oc5ccccc56)c4)cc3)c(-n3c4ccccc4c4ccccc43)c2)cc1. The zero-order valence-corrected chi connectivity index (χ0v) is 38.7. The predicted molar refractivity (Wildman–Crippen MR) is 299 cm³/mol. The minimum Gasteiger partial charge on any atom is -0.455 e. The van der Waals surface area contributed by atoms with Crippen LogP contribution in [-0.4, -0.2) is 4.57 Å². The second kappa shape index (κ2) is 16.7. The van der Waals surface area contributed by atoms with Gasteiger partial charge in [-0.25, -0.2) is 0 Å². The minimum atomic E-state index is 0.891. The molecule has 2 heterocycles. The van der Waals surface area contributed by atoms with Crippen LogP contribution in [0.3, 0.4) is 0 Å². The molecular weight excluding hydrogens is 861 g/mol. The number of hydrogen-bond donors (Lipinski definition) is 0. The lowest BCUT2D eigenvalue weighted by molar-refractivity contribution is 0.670. The molecule has 2 aromatic heterocycles. The van der Waals surface area contributed by atoms with E-state index in [9.17, 15) is 0 Å². The molecule has 0 unspecified atom stereocenters. The lowest BCUT2D eigenvalue weighted by Gasteiger charge is -2.27. The number of hydrogen-bond acceptors (Lipinski definition) is 2. The van der Waals surface area contributed by atoms with Gasteiger partial charge in [0, 0.05) is 49.7 Å². The topological polar surface area (TPSA) is 21.3 Å². The first-order chi connectivity index (χ1) is 35.2. The van der Waals surface area contributed by atoms with Gasteiger partial charge in [-0.15, -0.1) is 0 Å². The van der Waals surface area contributed by atoms with E-state index in [4.69, 9.17) is 4.42 Å². The van der Waals surface area contributed by atoms with Crippen LogP contribution >= 0.6 is 0 Å². The predicted octanol–water partition coefficient (Wildman–Crippen LogP) is 19.1. The van der Waals surface area contributed by atoms with Crippen molar-refractivity contribution in [1.82, 2.24) is 4.57 Å². The molecular formula is C68H44N2O. The minimum absolute atomic E-state index is 0.891. The Labute approximate surface area is 411 Å². The van der Waals surface area contributed by atoms with Gasteiger partial charge in [0.2, 0.25) is 0 Å². The van der Waals surface area contributed by atoms with E-state index in [0.29, 0.717) is 0 Å². The maximum atomic E-state index is 6.58. The number of nitrogens with zero attached hydrogens (tertiary/aromatic N) is 2. The Kier molecular flexibility index (Phi) is 9.53. The van der Waals surface area contributed by atoms with Crippen molar-refractivity contribution in [2.75, 3.05) is 4.90 Å². The highest BCUT2D eigenvalue weighted by Gasteiger charge is 2.20. The number of fused-ring (bicyclic) bond motifs is 9. The molecule has 0 saturated carbocycles. The van der Waals surface area contributed by atoms with Gasteiger partial charge in [0.05, 0.1) is 16.7 Å². The summed E-state index contributed by atoms with van der Waals surface area (Å²) in [5.74, 6) is 0. The second-order valence-corrected chi connectivity index (χ2v) is 18.5. The van der Waals surface area contributed by atoms with Gasteiger partial charge in [0.25, 0.3) is 0 Å². The van der Waals surface area contributed by atoms with Crippen LogP contribution in [0.5, 0.6) is 0 Å². The molecule has 12 aromatic carbocycles. The van der Waals surface area contributed by atoms with Gasteiger partial charge < -0.3 is 13.9 Å². The Morgan fingerprint density at radius 3 is 1.62 bits per heavy atom. The average molecular weight is 905 g/mol. The Morgan fingerprint density at radius 1 is 0.282 bits per heavy atom. The van der Waals surface area contributed by atoms with Crippen molar-refractivity contribution in [3.8, 4) is 50.2 Å². The summed E-state index contributed by atoms with van der Waals surface area (Å²) >= 11 is 0. The third-order valence-electron chi connectivity index (χ3n) is 14.4. The van der Waals surface area contributed by atoms with Gasteiger partial charge in [0.1, 0.15) is 11.2 Å². The van der Waals surface area contributed by atoms with Crippen LogP contribution < -0.4 is 4.90 Å². The molecule has 0 saturated heterocycles. The van der Waals surface area contributed by atoms with E-state index in [1.54, 1.807) is 0 Å². The number of rotatable bonds is 8. The maximum absolute atomic E-state index is 6.58. The van der Waals surface area contributed by atoms with Crippen LogP contribution in [0.2, 0.25) is 0 Å². The Hall–Kier alpha value is -9.44. The maximum Gasteiger partial charge on any atom is 0.143 e. The van der Waals surface area contributed by atoms with E-state index in [2.05, 4.69) is 270 Å². The molecule has 0 aliphatic rings. The molecule has 0 radical (unpaired) electrons. The first-order valence-electron chi connectivity index (χ1n) is 24.3. The fourth-order valence-corrected chi connectivity index (χ4v) is 11.0. The van der Waals surface area contributed by atoms with Crippen LogP contribution in [-0.2, 0) is 0 Å². The van der Waals surface area contributed by atoms with E-state index in [1.807, 2.05) is 6.07 Å². The quantitative estimate of drug-likeness (QED) is 0.142. The van der Waals surface area contributed by atoms with Crippen molar-refractivity contribution in [3.05, 3.63) is 267 Å². The highest BCUT2D eigenvalue weighted by Crippen LogP contribution is 2.44. The summed E-state index contributed by atoms with van der Waals surface area (Å²) in [7, 11) is 0. The Morgan fingerprint density at radius 2 is 0.831 bits per heavy atom. The normalized spacial score (nSPS) is 11.7. The zero-order valence-electron chi connectivity index (χ0n) is 38.7. The third kappa shape index (κ3) is 6.89. The van der Waals surface area contributed by atoms with E-state index in [-0.39, 0.29) is 0 Å². The lowest BCUT2D eigenvalue weighted by atomic mass is 9.96. The van der Waals surface area contributed by atoms with Gasteiger partial charge in [-0.05, 0) is 122 Å². The summed E-state index contributed by atoms with van der Waals surface area (Å²) in [4.78, 5) is 2.39. The molecule has 332 valence electrons. The van der Waals surface area contributed by atoms with Crippen LogP contribution in [0.1, 0.15) is 0 Å². The van der Waals surface area contributed by atoms with Gasteiger partial charge in [-0.1, -0.05) is 200 Å². The van der Waals surface area contributed by atoms with Crippen molar-refractivity contribution in [3.63, 3.8) is 0 Å². The fourth-order valence-electron chi connectivity index (χ4n) is 11.0. The second-order valence-electron chi connectivity index (χ2n) is 18.5. The molecule has 0 aliphatic heterocycles. The average Bonchev–Trinajstić information content (AvgIpc) is 4.00. The van der Waals surface area contributed by atoms with Crippen LogP contribution in [0.4, 0.5) is 17.1 Å². The molecule has 14 rings (SSSR count). The van der Waals surface area contributed by atoms with Crippen molar-refractivity contribution in [2.45, 2.75) is 0 Å². The summed E-state index contributed by atoms with van der Waals surface area (Å²) in [5.41, 5.74) is 17.6. The standard InChI is InChI=1S/C68H44N2O/c1-2-15-45(16-3-1)50-36-40-58(66(44-50)70-64-28-9-6-23-60(64)61-24-7-10-29-65(61)70)47-33-37-53(38-34-47)69(55-21-13-19-51(43-55)59-26-14-27-63-62-25-8-11-30-67(62)71-68(59)63)54-20-12-18-48(42-54)49-35-39-57-52(41-49)32-31-46-17-4-5-22-56(46)57/h1-44H.